The van der Waals surface area contributed by atoms with Gasteiger partial charge < -0.3 is 13.8 Å². The molecule has 5 heteroatoms. The second-order valence-corrected chi connectivity index (χ2v) is 0. The zero-order valence-electron chi connectivity index (χ0n) is 4.91. The molecule has 0 aromatic carbocycles. The summed E-state index contributed by atoms with van der Waals surface area (Å²) in [7, 11) is 0. The van der Waals surface area contributed by atoms with E-state index < -0.39 is 0 Å². The van der Waals surface area contributed by atoms with Crippen LogP contribution >= 0.6 is 0 Å². The van der Waals surface area contributed by atoms with E-state index in [1.165, 1.54) is 0 Å². The van der Waals surface area contributed by atoms with Crippen LogP contribution in [0.1, 0.15) is 2.85 Å². The Morgan fingerprint density at radius 1 is 1.00 bits per heavy atom. The third-order valence-corrected chi connectivity index (χ3v) is 0. The summed E-state index contributed by atoms with van der Waals surface area (Å²) >= 11 is 0. The van der Waals surface area contributed by atoms with E-state index in [2.05, 4.69) is 0 Å². The van der Waals surface area contributed by atoms with Crippen molar-refractivity contribution in [2.75, 3.05) is 0 Å². The fourth-order valence-electron chi connectivity index (χ4n) is 0. The van der Waals surface area contributed by atoms with Gasteiger partial charge in [-0.3, -0.25) is 0 Å². The van der Waals surface area contributed by atoms with Crippen molar-refractivity contribution >= 4 is 60.8 Å². The Morgan fingerprint density at radius 2 is 1.00 bits per heavy atom. The average Bonchev–Trinajstić information content (AvgIpc) is 0. The molecule has 0 aliphatic heterocycles. The van der Waals surface area contributed by atoms with E-state index >= 15 is 0 Å². The maximum Gasteiger partial charge on any atom is 2.00 e. The maximum absolute atomic E-state index is 0. The van der Waals surface area contributed by atoms with Crippen LogP contribution in [0.4, 0.5) is 0 Å². The van der Waals surface area contributed by atoms with Gasteiger partial charge in [-0.05, 0) is 0 Å². The summed E-state index contributed by atoms with van der Waals surface area (Å²) in [5, 5.41) is 0. The predicted molar refractivity (Wildman–Crippen MR) is 21.0 cm³/mol. The summed E-state index contributed by atoms with van der Waals surface area (Å²) in [6, 6.07) is 0. The third-order valence-electron chi connectivity index (χ3n) is 0. The van der Waals surface area contributed by atoms with Gasteiger partial charge in [-0.25, -0.2) is 0 Å². The van der Waals surface area contributed by atoms with Crippen molar-refractivity contribution in [3.63, 3.8) is 0 Å². The van der Waals surface area contributed by atoms with E-state index in [0.717, 1.165) is 0 Å². The third kappa shape index (κ3) is 20.4. The van der Waals surface area contributed by atoms with Crippen LogP contribution in [0.15, 0.2) is 0 Å². The molecule has 0 saturated carbocycles. The van der Waals surface area contributed by atoms with Crippen LogP contribution < -0.4 is 0 Å². The fraction of sp³-hybridized carbons (Fsp3) is 0. The molecule has 2 radical (unpaired) electrons. The van der Waals surface area contributed by atoms with Crippen LogP contribution in [0.5, 0.6) is 0 Å². The van der Waals surface area contributed by atoms with Crippen LogP contribution in [0.2, 0.25) is 0 Å². The first kappa shape index (κ1) is 48.0. The molecular formula is H6CaMgO2Ti. The van der Waals surface area contributed by atoms with Crippen molar-refractivity contribution in [2.24, 2.45) is 0 Å². The van der Waals surface area contributed by atoms with Crippen molar-refractivity contribution in [3.8, 4) is 0 Å². The smallest absolute Gasteiger partial charge is 1.00 e. The zero-order chi connectivity index (χ0) is 0. The van der Waals surface area contributed by atoms with Gasteiger partial charge in [0.2, 0.25) is 0 Å². The summed E-state index contributed by atoms with van der Waals surface area (Å²) in [5.74, 6) is 0. The molecule has 0 unspecified atom stereocenters. The van der Waals surface area contributed by atoms with Gasteiger partial charge in [0.05, 0.1) is 0 Å². The van der Waals surface area contributed by atoms with Crippen LogP contribution in [0, 0.1) is 0 Å². The maximum atomic E-state index is 0. The molecule has 0 heterocycles. The summed E-state index contributed by atoms with van der Waals surface area (Å²) in [6.07, 6.45) is 0. The van der Waals surface area contributed by atoms with Gasteiger partial charge in [0.25, 0.3) is 0 Å². The second-order valence-electron chi connectivity index (χ2n) is 0. The summed E-state index contributed by atoms with van der Waals surface area (Å²) in [6.45, 7) is 0. The zero-order valence-corrected chi connectivity index (χ0v) is 8.10. The number of rotatable bonds is 0. The van der Waals surface area contributed by atoms with Crippen molar-refractivity contribution in [1.82, 2.24) is 0 Å². The summed E-state index contributed by atoms with van der Waals surface area (Å²) in [4.78, 5) is 0. The van der Waals surface area contributed by atoms with Crippen LogP contribution in [0.25, 0.3) is 0 Å². The second kappa shape index (κ2) is 30.2. The van der Waals surface area contributed by atoms with Crippen LogP contribution in [-0.2, 0) is 21.7 Å². The molecule has 5 heavy (non-hydrogen) atoms. The molecule has 0 aromatic rings. The Morgan fingerprint density at radius 3 is 1.00 bits per heavy atom. The van der Waals surface area contributed by atoms with E-state index in [1.807, 2.05) is 0 Å². The van der Waals surface area contributed by atoms with Gasteiger partial charge in [-0.15, -0.1) is 0 Å². The van der Waals surface area contributed by atoms with E-state index in [1.54, 1.807) is 0 Å². The van der Waals surface area contributed by atoms with Crippen LogP contribution in [0.3, 0.4) is 0 Å². The van der Waals surface area contributed by atoms with E-state index in [4.69, 9.17) is 0 Å². The quantitative estimate of drug-likeness (QED) is 0.352. The minimum Gasteiger partial charge on any atom is -1.00 e. The SMILES string of the molecule is O.O.[Ca+2].[H-].[H-].[Mg].[Ti]. The van der Waals surface area contributed by atoms with Crippen molar-refractivity contribution < 1.29 is 35.5 Å². The first-order chi connectivity index (χ1) is 0. The standard InChI is InChI=1S/Ca.Mg.2H2O.Ti.2H/h;;2*1H2;;;/q+2;;;;;2*-1. The summed E-state index contributed by atoms with van der Waals surface area (Å²) in [5.41, 5.74) is 0. The Balaban J connectivity index is 0. The number of hydrogen-bond donors (Lipinski definition) is 0. The molecule has 4 N–H and O–H groups in total. The summed E-state index contributed by atoms with van der Waals surface area (Å²) < 4.78 is 0. The van der Waals surface area contributed by atoms with Gasteiger partial charge >= 0.3 is 37.7 Å². The molecule has 0 rings (SSSR count). The molecule has 2 nitrogen and oxygen atoms in total. The molecule has 0 aromatic heterocycles. The molecule has 0 amide bonds. The molecule has 0 bridgehead atoms. The molecule has 0 spiro atoms. The monoisotopic (exact) mass is 150 g/mol. The van der Waals surface area contributed by atoms with E-state index in [0.29, 0.717) is 0 Å². The number of hydrogen-bond acceptors (Lipinski definition) is 0. The van der Waals surface area contributed by atoms with Crippen molar-refractivity contribution in [1.29, 1.82) is 0 Å². The molecule has 0 atom stereocenters. The molecule has 0 fully saturated rings. The molecule has 0 aliphatic carbocycles. The predicted octanol–water partition coefficient (Wildman–Crippen LogP) is -2.19. The minimum atomic E-state index is 0. The Bertz CT molecular complexity index is 15.7. The van der Waals surface area contributed by atoms with E-state index in [9.17, 15) is 0 Å². The van der Waals surface area contributed by atoms with Crippen molar-refractivity contribution in [2.45, 2.75) is 0 Å². The van der Waals surface area contributed by atoms with Crippen molar-refractivity contribution in [3.05, 3.63) is 0 Å². The fourth-order valence-corrected chi connectivity index (χ4v) is 0. The Labute approximate surface area is 94.7 Å². The van der Waals surface area contributed by atoms with Gasteiger partial charge in [-0.1, -0.05) is 0 Å². The van der Waals surface area contributed by atoms with Crippen LogP contribution in [-0.4, -0.2) is 71.7 Å². The van der Waals surface area contributed by atoms with E-state index in [-0.39, 0.29) is 96.3 Å². The molecular weight excluding hydrogens is 144 g/mol. The van der Waals surface area contributed by atoms with Gasteiger partial charge in [-0.2, -0.15) is 0 Å². The molecule has 0 saturated heterocycles. The largest absolute Gasteiger partial charge is 2.00 e. The topological polar surface area (TPSA) is 63.0 Å². The van der Waals surface area contributed by atoms with Gasteiger partial charge in [0.1, 0.15) is 0 Å². The van der Waals surface area contributed by atoms with Gasteiger partial charge in [0.15, 0.2) is 0 Å². The minimum absolute atomic E-state index is 0. The Hall–Kier alpha value is 2.66. The molecule has 26 valence electrons. The first-order valence-electron chi connectivity index (χ1n) is 0. The Kier molecular flexibility index (Phi) is 290. The first-order valence-corrected chi connectivity index (χ1v) is 0. The normalized spacial score (nSPS) is 0. The molecule has 0 aliphatic rings. The van der Waals surface area contributed by atoms with Gasteiger partial charge in [0, 0.05) is 44.8 Å². The average molecular weight is 150 g/mol.